The van der Waals surface area contributed by atoms with Gasteiger partial charge in [-0.3, -0.25) is 4.79 Å². The summed E-state index contributed by atoms with van der Waals surface area (Å²) in [5, 5.41) is 0. The fourth-order valence-electron chi connectivity index (χ4n) is 3.66. The smallest absolute Gasteiger partial charge is 0.254 e. The van der Waals surface area contributed by atoms with E-state index < -0.39 is 0 Å². The lowest BCUT2D eigenvalue weighted by molar-refractivity contribution is 0.0569. The van der Waals surface area contributed by atoms with Crippen LogP contribution in [0, 0.1) is 0 Å². The highest BCUT2D eigenvalue weighted by atomic mass is 16.2. The number of aromatic nitrogens is 2. The Morgan fingerprint density at radius 1 is 1.15 bits per heavy atom. The van der Waals surface area contributed by atoms with Crippen LogP contribution in [-0.4, -0.2) is 51.3 Å². The van der Waals surface area contributed by atoms with Crippen molar-refractivity contribution < 1.29 is 4.79 Å². The number of carbonyl (C=O) groups excluding carboxylic acids is 1. The summed E-state index contributed by atoms with van der Waals surface area (Å²) in [4.78, 5) is 22.1. The third-order valence-electron chi connectivity index (χ3n) is 5.23. The lowest BCUT2D eigenvalue weighted by atomic mass is 10.0. The van der Waals surface area contributed by atoms with Gasteiger partial charge in [-0.2, -0.15) is 0 Å². The van der Waals surface area contributed by atoms with Gasteiger partial charge in [0.15, 0.2) is 0 Å². The zero-order valence-electron chi connectivity index (χ0n) is 15.1. The number of carbonyl (C=O) groups is 1. The maximum absolute atomic E-state index is 13.4. The highest BCUT2D eigenvalue weighted by molar-refractivity contribution is 5.95. The number of benzene rings is 1. The van der Waals surface area contributed by atoms with Crippen LogP contribution in [0.3, 0.4) is 0 Å². The lowest BCUT2D eigenvalue weighted by Gasteiger charge is -2.37. The van der Waals surface area contributed by atoms with E-state index in [1.54, 1.807) is 6.20 Å². The Kier molecular flexibility index (Phi) is 4.71. The summed E-state index contributed by atoms with van der Waals surface area (Å²) in [5.74, 6) is 0.0916. The summed E-state index contributed by atoms with van der Waals surface area (Å²) >= 11 is 0. The van der Waals surface area contributed by atoms with Crippen molar-refractivity contribution >= 4 is 11.6 Å². The Bertz CT molecular complexity index is 881. The molecular weight excluding hydrogens is 324 g/mol. The largest absolute Gasteiger partial charge is 0.331 e. The van der Waals surface area contributed by atoms with Crippen molar-refractivity contribution in [2.75, 3.05) is 20.1 Å². The molecule has 5 heteroatoms. The number of amides is 1. The molecule has 0 bridgehead atoms. The normalized spacial score (nSPS) is 16.0. The van der Waals surface area contributed by atoms with Crippen LogP contribution in [0.2, 0.25) is 0 Å². The first kappa shape index (κ1) is 16.8. The molecule has 134 valence electrons. The summed E-state index contributed by atoms with van der Waals surface area (Å²) in [7, 11) is 2.14. The van der Waals surface area contributed by atoms with Crippen molar-refractivity contribution in [3.63, 3.8) is 0 Å². The number of rotatable bonds is 4. The van der Waals surface area contributed by atoms with Gasteiger partial charge in [-0.15, -0.1) is 0 Å². The number of likely N-dealkylation sites (tertiary alicyclic amines) is 1. The van der Waals surface area contributed by atoms with Crippen LogP contribution < -0.4 is 0 Å². The monoisotopic (exact) mass is 348 g/mol. The van der Waals surface area contributed by atoms with E-state index in [0.29, 0.717) is 12.1 Å². The molecule has 0 atom stereocenters. The van der Waals surface area contributed by atoms with E-state index in [2.05, 4.69) is 34.0 Å². The standard InChI is InChI=1S/C21H24N4O/c1-23-11-8-19(9-12-23)25(16-17-5-3-2-4-6-17)21(26)18-7-13-24-14-10-22-20(24)15-18/h2-7,10,13-15,19H,8-9,11-12,16H2,1H3. The molecule has 0 aliphatic carbocycles. The van der Waals surface area contributed by atoms with Crippen molar-refractivity contribution in [2.45, 2.75) is 25.4 Å². The summed E-state index contributed by atoms with van der Waals surface area (Å²) in [6.07, 6.45) is 7.58. The average molecular weight is 348 g/mol. The molecule has 3 aromatic rings. The van der Waals surface area contributed by atoms with E-state index in [1.807, 2.05) is 47.1 Å². The molecule has 4 rings (SSSR count). The van der Waals surface area contributed by atoms with Gasteiger partial charge in [-0.1, -0.05) is 30.3 Å². The number of nitrogens with zero attached hydrogens (tertiary/aromatic N) is 4. The molecule has 0 radical (unpaired) electrons. The Morgan fingerprint density at radius 2 is 1.92 bits per heavy atom. The number of pyridine rings is 1. The third kappa shape index (κ3) is 3.48. The molecule has 0 spiro atoms. The zero-order valence-corrected chi connectivity index (χ0v) is 15.1. The number of piperidine rings is 1. The average Bonchev–Trinajstić information content (AvgIpc) is 3.15. The minimum Gasteiger partial charge on any atom is -0.331 e. The maximum atomic E-state index is 13.4. The highest BCUT2D eigenvalue weighted by Crippen LogP contribution is 2.21. The van der Waals surface area contributed by atoms with E-state index in [1.165, 1.54) is 5.56 Å². The van der Waals surface area contributed by atoms with Crippen molar-refractivity contribution in [1.29, 1.82) is 0 Å². The Morgan fingerprint density at radius 3 is 2.69 bits per heavy atom. The van der Waals surface area contributed by atoms with Crippen molar-refractivity contribution in [3.05, 3.63) is 72.2 Å². The molecule has 26 heavy (non-hydrogen) atoms. The first-order valence-electron chi connectivity index (χ1n) is 9.17. The molecule has 1 aliphatic rings. The molecule has 5 nitrogen and oxygen atoms in total. The van der Waals surface area contributed by atoms with Crippen molar-refractivity contribution in [3.8, 4) is 0 Å². The molecule has 1 fully saturated rings. The lowest BCUT2D eigenvalue weighted by Crippen LogP contribution is -2.46. The van der Waals surface area contributed by atoms with Gasteiger partial charge in [0.25, 0.3) is 5.91 Å². The topological polar surface area (TPSA) is 40.9 Å². The van der Waals surface area contributed by atoms with E-state index in [0.717, 1.165) is 31.6 Å². The summed E-state index contributed by atoms with van der Waals surface area (Å²) < 4.78 is 1.92. The zero-order chi connectivity index (χ0) is 17.9. The van der Waals surface area contributed by atoms with Crippen LogP contribution >= 0.6 is 0 Å². The molecule has 3 heterocycles. The second-order valence-corrected chi connectivity index (χ2v) is 7.06. The number of hydrogen-bond acceptors (Lipinski definition) is 3. The minimum absolute atomic E-state index is 0.0916. The van der Waals surface area contributed by atoms with Gasteiger partial charge in [0.2, 0.25) is 0 Å². The predicted molar refractivity (Wildman–Crippen MR) is 102 cm³/mol. The van der Waals surface area contributed by atoms with E-state index in [-0.39, 0.29) is 11.9 Å². The summed E-state index contributed by atoms with van der Waals surface area (Å²) in [5.41, 5.74) is 2.68. The van der Waals surface area contributed by atoms with Crippen LogP contribution in [-0.2, 0) is 6.54 Å². The summed E-state index contributed by atoms with van der Waals surface area (Å²) in [6, 6.07) is 14.3. The second kappa shape index (κ2) is 7.30. The number of fused-ring (bicyclic) bond motifs is 1. The fraction of sp³-hybridized carbons (Fsp3) is 0.333. The highest BCUT2D eigenvalue weighted by Gasteiger charge is 2.28. The fourth-order valence-corrected chi connectivity index (χ4v) is 3.66. The van der Waals surface area contributed by atoms with E-state index in [9.17, 15) is 4.79 Å². The molecule has 1 aromatic carbocycles. The molecular formula is C21H24N4O. The van der Waals surface area contributed by atoms with Crippen LogP contribution in [0.5, 0.6) is 0 Å². The van der Waals surface area contributed by atoms with Gasteiger partial charge in [0, 0.05) is 36.7 Å². The minimum atomic E-state index is 0.0916. The maximum Gasteiger partial charge on any atom is 0.254 e. The van der Waals surface area contributed by atoms with Crippen LogP contribution in [0.1, 0.15) is 28.8 Å². The Balaban J connectivity index is 1.63. The van der Waals surface area contributed by atoms with Crippen LogP contribution in [0.4, 0.5) is 0 Å². The molecule has 1 saturated heterocycles. The van der Waals surface area contributed by atoms with Crippen LogP contribution in [0.25, 0.3) is 5.65 Å². The molecule has 0 N–H and O–H groups in total. The van der Waals surface area contributed by atoms with Gasteiger partial charge in [0.1, 0.15) is 5.65 Å². The van der Waals surface area contributed by atoms with Gasteiger partial charge in [-0.05, 0) is 50.7 Å². The Hall–Kier alpha value is -2.66. The predicted octanol–water partition coefficient (Wildman–Crippen LogP) is 3.07. The molecule has 0 unspecified atom stereocenters. The van der Waals surface area contributed by atoms with E-state index >= 15 is 0 Å². The number of imidazole rings is 1. The second-order valence-electron chi connectivity index (χ2n) is 7.06. The third-order valence-corrected chi connectivity index (χ3v) is 5.23. The van der Waals surface area contributed by atoms with Gasteiger partial charge < -0.3 is 14.2 Å². The van der Waals surface area contributed by atoms with Gasteiger partial charge >= 0.3 is 0 Å². The van der Waals surface area contributed by atoms with E-state index in [4.69, 9.17) is 0 Å². The molecule has 0 saturated carbocycles. The van der Waals surface area contributed by atoms with Crippen molar-refractivity contribution in [2.24, 2.45) is 0 Å². The summed E-state index contributed by atoms with van der Waals surface area (Å²) in [6.45, 7) is 2.71. The SMILES string of the molecule is CN1CCC(N(Cc2ccccc2)C(=O)c2ccn3ccnc3c2)CC1. The van der Waals surface area contributed by atoms with Crippen LogP contribution in [0.15, 0.2) is 61.1 Å². The quantitative estimate of drug-likeness (QED) is 0.728. The molecule has 1 amide bonds. The van der Waals surface area contributed by atoms with Gasteiger partial charge in [0.05, 0.1) is 0 Å². The molecule has 1 aliphatic heterocycles. The molecule has 2 aromatic heterocycles. The Labute approximate surface area is 153 Å². The van der Waals surface area contributed by atoms with Crippen molar-refractivity contribution in [1.82, 2.24) is 19.2 Å². The van der Waals surface area contributed by atoms with Gasteiger partial charge in [-0.25, -0.2) is 4.98 Å². The number of hydrogen-bond donors (Lipinski definition) is 0. The first-order chi connectivity index (χ1) is 12.7. The first-order valence-corrected chi connectivity index (χ1v) is 9.17.